The summed E-state index contributed by atoms with van der Waals surface area (Å²) >= 11 is 0. The van der Waals surface area contributed by atoms with Gasteiger partial charge in [0.05, 0.1) is 5.56 Å². The Hall–Kier alpha value is -2.54. The molecule has 0 heterocycles. The summed E-state index contributed by atoms with van der Waals surface area (Å²) in [6.07, 6.45) is 0. The lowest BCUT2D eigenvalue weighted by molar-refractivity contribution is 0.475. The maximum atomic E-state index is 13.7. The Morgan fingerprint density at radius 1 is 1.25 bits per heavy atom. The molecular weight excluding hydrogens is 255 g/mol. The van der Waals surface area contributed by atoms with Gasteiger partial charge < -0.3 is 10.0 Å². The minimum absolute atomic E-state index is 0.0254. The summed E-state index contributed by atoms with van der Waals surface area (Å²) in [6.45, 7) is 4.49. The average molecular weight is 270 g/mol. The lowest BCUT2D eigenvalue weighted by Gasteiger charge is -2.25. The molecule has 2 aromatic carbocycles. The van der Waals surface area contributed by atoms with Gasteiger partial charge in [0.1, 0.15) is 17.6 Å². The first-order valence-corrected chi connectivity index (χ1v) is 6.33. The van der Waals surface area contributed by atoms with Crippen molar-refractivity contribution in [2.45, 2.75) is 13.8 Å². The second-order valence-corrected chi connectivity index (χ2v) is 4.49. The molecule has 0 amide bonds. The van der Waals surface area contributed by atoms with Crippen molar-refractivity contribution in [3.8, 4) is 11.8 Å². The smallest absolute Gasteiger partial charge is 0.143 e. The lowest BCUT2D eigenvalue weighted by Crippen LogP contribution is -2.17. The van der Waals surface area contributed by atoms with Crippen molar-refractivity contribution < 1.29 is 9.50 Å². The molecule has 0 bridgehead atoms. The molecule has 1 N–H and O–H groups in total. The minimum Gasteiger partial charge on any atom is -0.508 e. The summed E-state index contributed by atoms with van der Waals surface area (Å²) in [5, 5.41) is 18.4. The fraction of sp³-hybridized carbons (Fsp3) is 0.188. The van der Waals surface area contributed by atoms with Crippen LogP contribution in [-0.4, -0.2) is 11.7 Å². The Kier molecular flexibility index (Phi) is 3.90. The van der Waals surface area contributed by atoms with E-state index in [9.17, 15) is 9.50 Å². The van der Waals surface area contributed by atoms with Crippen LogP contribution in [0.1, 0.15) is 18.1 Å². The van der Waals surface area contributed by atoms with Crippen molar-refractivity contribution in [2.24, 2.45) is 0 Å². The minimum atomic E-state index is -0.541. The van der Waals surface area contributed by atoms with E-state index in [0.29, 0.717) is 12.2 Å². The van der Waals surface area contributed by atoms with Crippen LogP contribution in [0.4, 0.5) is 15.8 Å². The van der Waals surface area contributed by atoms with E-state index >= 15 is 0 Å². The highest BCUT2D eigenvalue weighted by Crippen LogP contribution is 2.31. The van der Waals surface area contributed by atoms with Crippen LogP contribution in [0.25, 0.3) is 0 Å². The van der Waals surface area contributed by atoms with E-state index in [1.54, 1.807) is 24.3 Å². The predicted molar refractivity (Wildman–Crippen MR) is 76.6 cm³/mol. The molecule has 20 heavy (non-hydrogen) atoms. The van der Waals surface area contributed by atoms with Crippen LogP contribution in [0.3, 0.4) is 0 Å². The summed E-state index contributed by atoms with van der Waals surface area (Å²) in [5.41, 5.74) is 2.47. The van der Waals surface area contributed by atoms with Gasteiger partial charge in [-0.3, -0.25) is 0 Å². The Bertz CT molecular complexity index is 677. The monoisotopic (exact) mass is 270 g/mol. The highest BCUT2D eigenvalue weighted by atomic mass is 19.1. The molecule has 0 unspecified atom stereocenters. The number of halogens is 1. The molecule has 0 saturated heterocycles. The molecule has 3 nitrogen and oxygen atoms in total. The largest absolute Gasteiger partial charge is 0.508 e. The molecule has 0 aliphatic heterocycles. The van der Waals surface area contributed by atoms with Gasteiger partial charge in [-0.2, -0.15) is 5.26 Å². The third-order valence-electron chi connectivity index (χ3n) is 3.18. The van der Waals surface area contributed by atoms with Crippen molar-refractivity contribution >= 4 is 11.4 Å². The lowest BCUT2D eigenvalue weighted by atomic mass is 10.1. The first-order valence-electron chi connectivity index (χ1n) is 6.33. The number of hydrogen-bond acceptors (Lipinski definition) is 3. The number of rotatable bonds is 3. The first-order chi connectivity index (χ1) is 9.56. The molecule has 0 aliphatic carbocycles. The van der Waals surface area contributed by atoms with E-state index in [1.807, 2.05) is 24.8 Å². The zero-order valence-corrected chi connectivity index (χ0v) is 11.4. The molecule has 2 aromatic rings. The molecular formula is C16H15FN2O. The topological polar surface area (TPSA) is 47.3 Å². The van der Waals surface area contributed by atoms with Crippen molar-refractivity contribution in [1.29, 1.82) is 5.26 Å². The van der Waals surface area contributed by atoms with E-state index in [4.69, 9.17) is 5.26 Å². The van der Waals surface area contributed by atoms with E-state index in [2.05, 4.69) is 0 Å². The zero-order valence-electron chi connectivity index (χ0n) is 11.4. The number of aromatic hydroxyl groups is 1. The predicted octanol–water partition coefficient (Wildman–Crippen LogP) is 3.87. The highest BCUT2D eigenvalue weighted by molar-refractivity contribution is 5.68. The maximum Gasteiger partial charge on any atom is 0.143 e. The molecule has 0 fully saturated rings. The number of benzene rings is 2. The zero-order chi connectivity index (χ0) is 14.7. The van der Waals surface area contributed by atoms with E-state index in [0.717, 1.165) is 11.3 Å². The van der Waals surface area contributed by atoms with E-state index in [1.165, 1.54) is 12.1 Å². The van der Waals surface area contributed by atoms with E-state index in [-0.39, 0.29) is 11.3 Å². The Balaban J connectivity index is 2.50. The Labute approximate surface area is 117 Å². The molecule has 0 radical (unpaired) electrons. The van der Waals surface area contributed by atoms with Gasteiger partial charge in [-0.25, -0.2) is 4.39 Å². The second kappa shape index (κ2) is 5.62. The van der Waals surface area contributed by atoms with Crippen molar-refractivity contribution in [3.05, 3.63) is 53.3 Å². The standard InChI is InChI=1S/C16H15FN2O/c1-3-19(16-9-14(20)7-4-11(16)2)13-6-5-12(10-18)15(17)8-13/h4-9,20H,3H2,1-2H3. The number of nitriles is 1. The maximum absolute atomic E-state index is 13.7. The van der Waals surface area contributed by atoms with Gasteiger partial charge in [0.2, 0.25) is 0 Å². The number of nitrogens with zero attached hydrogens (tertiary/aromatic N) is 2. The Morgan fingerprint density at radius 3 is 2.60 bits per heavy atom. The van der Waals surface area contributed by atoms with Crippen LogP contribution < -0.4 is 4.90 Å². The normalized spacial score (nSPS) is 10.1. The summed E-state index contributed by atoms with van der Waals surface area (Å²) in [5.74, 6) is -0.376. The molecule has 0 saturated carbocycles. The molecule has 0 aliphatic rings. The van der Waals surface area contributed by atoms with Crippen LogP contribution in [0.5, 0.6) is 5.75 Å². The van der Waals surface area contributed by atoms with Gasteiger partial charge >= 0.3 is 0 Å². The average Bonchev–Trinajstić information content (AvgIpc) is 2.44. The fourth-order valence-electron chi connectivity index (χ4n) is 2.14. The fourth-order valence-corrected chi connectivity index (χ4v) is 2.14. The number of hydrogen-bond donors (Lipinski definition) is 1. The summed E-state index contributed by atoms with van der Waals surface area (Å²) in [4.78, 5) is 1.89. The van der Waals surface area contributed by atoms with Crippen LogP contribution in [0, 0.1) is 24.1 Å². The third kappa shape index (κ3) is 2.57. The van der Waals surface area contributed by atoms with Gasteiger partial charge in [-0.05, 0) is 43.7 Å². The van der Waals surface area contributed by atoms with Crippen LogP contribution in [0.15, 0.2) is 36.4 Å². The van der Waals surface area contributed by atoms with E-state index < -0.39 is 5.82 Å². The molecule has 0 aromatic heterocycles. The van der Waals surface area contributed by atoms with Crippen molar-refractivity contribution in [3.63, 3.8) is 0 Å². The molecule has 0 atom stereocenters. The number of phenols is 1. The summed E-state index contributed by atoms with van der Waals surface area (Å²) in [6, 6.07) is 11.4. The van der Waals surface area contributed by atoms with Gasteiger partial charge in [0, 0.05) is 24.0 Å². The molecule has 102 valence electrons. The van der Waals surface area contributed by atoms with Gasteiger partial charge in [0.15, 0.2) is 0 Å². The van der Waals surface area contributed by atoms with Crippen molar-refractivity contribution in [2.75, 3.05) is 11.4 Å². The summed E-state index contributed by atoms with van der Waals surface area (Å²) < 4.78 is 13.7. The van der Waals surface area contributed by atoms with Crippen LogP contribution >= 0.6 is 0 Å². The number of phenolic OH excluding ortho intramolecular Hbond substituents is 1. The third-order valence-corrected chi connectivity index (χ3v) is 3.18. The molecule has 4 heteroatoms. The van der Waals surface area contributed by atoms with Gasteiger partial charge in [-0.1, -0.05) is 6.07 Å². The van der Waals surface area contributed by atoms with Crippen LogP contribution in [0.2, 0.25) is 0 Å². The number of aryl methyl sites for hydroxylation is 1. The van der Waals surface area contributed by atoms with Crippen LogP contribution in [-0.2, 0) is 0 Å². The SMILES string of the molecule is CCN(c1ccc(C#N)c(F)c1)c1cc(O)ccc1C. The van der Waals surface area contributed by atoms with Gasteiger partial charge in [-0.15, -0.1) is 0 Å². The molecule has 2 rings (SSSR count). The Morgan fingerprint density at radius 2 is 2.00 bits per heavy atom. The molecule has 0 spiro atoms. The van der Waals surface area contributed by atoms with Gasteiger partial charge in [0.25, 0.3) is 0 Å². The van der Waals surface area contributed by atoms with Crippen molar-refractivity contribution in [1.82, 2.24) is 0 Å². The first kappa shape index (κ1) is 13.9. The summed E-state index contributed by atoms with van der Waals surface area (Å²) in [7, 11) is 0. The quantitative estimate of drug-likeness (QED) is 0.921. The number of anilines is 2. The second-order valence-electron chi connectivity index (χ2n) is 4.49. The highest BCUT2D eigenvalue weighted by Gasteiger charge is 2.13.